The van der Waals surface area contributed by atoms with Crippen LogP contribution in [0.3, 0.4) is 0 Å². The zero-order valence-corrected chi connectivity index (χ0v) is 7.74. The Morgan fingerprint density at radius 3 is 3.18 bits per heavy atom. The van der Waals surface area contributed by atoms with Crippen LogP contribution in [0.5, 0.6) is 0 Å². The van der Waals surface area contributed by atoms with Gasteiger partial charge in [0.1, 0.15) is 0 Å². The lowest BCUT2D eigenvalue weighted by Gasteiger charge is -2.20. The van der Waals surface area contributed by atoms with E-state index in [4.69, 9.17) is 0 Å². The first kappa shape index (κ1) is 7.25. The summed E-state index contributed by atoms with van der Waals surface area (Å²) in [6.45, 7) is 4.32. The number of aromatic nitrogens is 1. The van der Waals surface area contributed by atoms with E-state index in [0.29, 0.717) is 0 Å². The van der Waals surface area contributed by atoms with Gasteiger partial charge in [0.25, 0.3) is 0 Å². The summed E-state index contributed by atoms with van der Waals surface area (Å²) in [6, 6.07) is 0. The van der Waals surface area contributed by atoms with Crippen molar-refractivity contribution in [3.63, 3.8) is 0 Å². The SMILES string of the molecule is Cc1nc2c(s1)CCN(C)C2. The molecule has 0 radical (unpaired) electrons. The van der Waals surface area contributed by atoms with Crippen LogP contribution in [0.1, 0.15) is 15.6 Å². The number of likely N-dealkylation sites (N-methyl/N-ethyl adjacent to an activating group) is 1. The Morgan fingerprint density at radius 1 is 1.55 bits per heavy atom. The molecule has 1 aliphatic heterocycles. The number of fused-ring (bicyclic) bond motifs is 1. The monoisotopic (exact) mass is 168 g/mol. The summed E-state index contributed by atoms with van der Waals surface area (Å²) < 4.78 is 0. The van der Waals surface area contributed by atoms with Gasteiger partial charge < -0.3 is 4.90 Å². The highest BCUT2D eigenvalue weighted by Crippen LogP contribution is 2.23. The topological polar surface area (TPSA) is 16.1 Å². The van der Waals surface area contributed by atoms with Gasteiger partial charge in [-0.2, -0.15) is 0 Å². The number of aryl methyl sites for hydroxylation is 1. The Kier molecular flexibility index (Phi) is 1.69. The van der Waals surface area contributed by atoms with E-state index in [1.165, 1.54) is 28.5 Å². The second-order valence-electron chi connectivity index (χ2n) is 3.09. The third-order valence-corrected chi connectivity index (χ3v) is 3.10. The molecule has 2 rings (SSSR count). The smallest absolute Gasteiger partial charge is 0.0900 e. The molecule has 2 nitrogen and oxygen atoms in total. The summed E-state index contributed by atoms with van der Waals surface area (Å²) in [5.41, 5.74) is 1.31. The van der Waals surface area contributed by atoms with Gasteiger partial charge in [-0.1, -0.05) is 0 Å². The van der Waals surface area contributed by atoms with Gasteiger partial charge in [-0.3, -0.25) is 0 Å². The molecule has 0 unspecified atom stereocenters. The van der Waals surface area contributed by atoms with Crippen molar-refractivity contribution in [2.45, 2.75) is 19.9 Å². The van der Waals surface area contributed by atoms with Crippen LogP contribution in [0.15, 0.2) is 0 Å². The molecule has 1 aromatic rings. The highest BCUT2D eigenvalue weighted by molar-refractivity contribution is 7.11. The average molecular weight is 168 g/mol. The predicted molar refractivity (Wildman–Crippen MR) is 46.9 cm³/mol. The highest BCUT2D eigenvalue weighted by Gasteiger charge is 2.16. The molecule has 3 heteroatoms. The van der Waals surface area contributed by atoms with Crippen molar-refractivity contribution < 1.29 is 0 Å². The number of nitrogens with zero attached hydrogens (tertiary/aromatic N) is 2. The number of hydrogen-bond acceptors (Lipinski definition) is 3. The molecule has 60 valence electrons. The van der Waals surface area contributed by atoms with E-state index in [2.05, 4.69) is 23.9 Å². The lowest BCUT2D eigenvalue weighted by atomic mass is 10.2. The van der Waals surface area contributed by atoms with E-state index in [9.17, 15) is 0 Å². The lowest BCUT2D eigenvalue weighted by molar-refractivity contribution is 0.310. The maximum atomic E-state index is 4.48. The molecule has 0 aliphatic carbocycles. The van der Waals surface area contributed by atoms with E-state index < -0.39 is 0 Å². The Balaban J connectivity index is 2.34. The van der Waals surface area contributed by atoms with Gasteiger partial charge >= 0.3 is 0 Å². The third kappa shape index (κ3) is 1.30. The Morgan fingerprint density at radius 2 is 2.36 bits per heavy atom. The van der Waals surface area contributed by atoms with Crippen LogP contribution in [-0.4, -0.2) is 23.5 Å². The zero-order chi connectivity index (χ0) is 7.84. The van der Waals surface area contributed by atoms with Gasteiger partial charge in [0.2, 0.25) is 0 Å². The Labute approximate surface area is 70.9 Å². The summed E-state index contributed by atoms with van der Waals surface area (Å²) >= 11 is 1.85. The highest BCUT2D eigenvalue weighted by atomic mass is 32.1. The molecule has 0 fully saturated rings. The molecule has 0 saturated heterocycles. The molecule has 0 bridgehead atoms. The molecular weight excluding hydrogens is 156 g/mol. The summed E-state index contributed by atoms with van der Waals surface area (Å²) in [4.78, 5) is 8.30. The van der Waals surface area contributed by atoms with Crippen LogP contribution >= 0.6 is 11.3 Å². The minimum Gasteiger partial charge on any atom is -0.300 e. The van der Waals surface area contributed by atoms with Crippen molar-refractivity contribution in [2.75, 3.05) is 13.6 Å². The minimum absolute atomic E-state index is 1.04. The second-order valence-corrected chi connectivity index (χ2v) is 4.38. The third-order valence-electron chi connectivity index (χ3n) is 2.03. The minimum atomic E-state index is 1.04. The second kappa shape index (κ2) is 2.57. The van der Waals surface area contributed by atoms with Crippen LogP contribution in [0.2, 0.25) is 0 Å². The largest absolute Gasteiger partial charge is 0.300 e. The standard InChI is InChI=1S/C8H12N2S/c1-6-9-7-5-10(2)4-3-8(7)11-6/h3-5H2,1-2H3. The van der Waals surface area contributed by atoms with Crippen LogP contribution in [-0.2, 0) is 13.0 Å². The molecule has 2 heterocycles. The van der Waals surface area contributed by atoms with Gasteiger partial charge in [-0.15, -0.1) is 11.3 Å². The van der Waals surface area contributed by atoms with E-state index in [1.54, 1.807) is 0 Å². The molecule has 0 atom stereocenters. The number of hydrogen-bond donors (Lipinski definition) is 0. The molecular formula is C8H12N2S. The van der Waals surface area contributed by atoms with Crippen LogP contribution < -0.4 is 0 Å². The average Bonchev–Trinajstić information content (AvgIpc) is 2.27. The van der Waals surface area contributed by atoms with E-state index in [0.717, 1.165) is 6.54 Å². The van der Waals surface area contributed by atoms with E-state index >= 15 is 0 Å². The molecule has 0 N–H and O–H groups in total. The molecule has 11 heavy (non-hydrogen) atoms. The van der Waals surface area contributed by atoms with Gasteiger partial charge in [-0.25, -0.2) is 4.98 Å². The van der Waals surface area contributed by atoms with Gasteiger partial charge in [-0.05, 0) is 20.4 Å². The summed E-state index contributed by atoms with van der Waals surface area (Å²) in [7, 11) is 2.15. The first-order valence-electron chi connectivity index (χ1n) is 3.89. The van der Waals surface area contributed by atoms with Crippen molar-refractivity contribution in [1.82, 2.24) is 9.88 Å². The van der Waals surface area contributed by atoms with Crippen molar-refractivity contribution in [2.24, 2.45) is 0 Å². The van der Waals surface area contributed by atoms with Crippen molar-refractivity contribution in [3.8, 4) is 0 Å². The van der Waals surface area contributed by atoms with Crippen LogP contribution in [0, 0.1) is 6.92 Å². The summed E-state index contributed by atoms with van der Waals surface area (Å²) in [5, 5.41) is 1.21. The molecule has 1 aromatic heterocycles. The Bertz CT molecular complexity index is 267. The quantitative estimate of drug-likeness (QED) is 0.582. The summed E-state index contributed by atoms with van der Waals surface area (Å²) in [5.74, 6) is 0. The van der Waals surface area contributed by atoms with Gasteiger partial charge in [0, 0.05) is 18.0 Å². The number of thiazole rings is 1. The van der Waals surface area contributed by atoms with Crippen LogP contribution in [0.25, 0.3) is 0 Å². The molecule has 0 saturated carbocycles. The molecule has 1 aliphatic rings. The molecule has 0 amide bonds. The maximum Gasteiger partial charge on any atom is 0.0900 e. The van der Waals surface area contributed by atoms with Crippen molar-refractivity contribution >= 4 is 11.3 Å². The number of rotatable bonds is 0. The lowest BCUT2D eigenvalue weighted by Crippen LogP contribution is -2.25. The first-order valence-corrected chi connectivity index (χ1v) is 4.71. The Hall–Kier alpha value is -0.410. The fraction of sp³-hybridized carbons (Fsp3) is 0.625. The zero-order valence-electron chi connectivity index (χ0n) is 6.92. The first-order chi connectivity index (χ1) is 5.25. The maximum absolute atomic E-state index is 4.48. The van der Waals surface area contributed by atoms with Gasteiger partial charge in [0.05, 0.1) is 10.7 Å². The van der Waals surface area contributed by atoms with Crippen molar-refractivity contribution in [1.29, 1.82) is 0 Å². The van der Waals surface area contributed by atoms with E-state index in [1.807, 2.05) is 11.3 Å². The van der Waals surface area contributed by atoms with Crippen molar-refractivity contribution in [3.05, 3.63) is 15.6 Å². The van der Waals surface area contributed by atoms with Crippen LogP contribution in [0.4, 0.5) is 0 Å². The fourth-order valence-electron chi connectivity index (χ4n) is 1.46. The molecule has 0 spiro atoms. The van der Waals surface area contributed by atoms with E-state index in [-0.39, 0.29) is 0 Å². The van der Waals surface area contributed by atoms with Gasteiger partial charge in [0.15, 0.2) is 0 Å². The fourth-order valence-corrected chi connectivity index (χ4v) is 2.39. The normalized spacial score (nSPS) is 18.4. The predicted octanol–water partition coefficient (Wildman–Crippen LogP) is 1.44. The molecule has 0 aromatic carbocycles. The summed E-state index contributed by atoms with van der Waals surface area (Å²) in [6.07, 6.45) is 1.19.